The maximum atomic E-state index is 16.2. The molecule has 12 nitrogen and oxygen atoms in total. The number of anilines is 3. The van der Waals surface area contributed by atoms with Crippen molar-refractivity contribution in [3.05, 3.63) is 124 Å². The lowest BCUT2D eigenvalue weighted by molar-refractivity contribution is -0.146. The highest BCUT2D eigenvalue weighted by Gasteiger charge is 2.67. The summed E-state index contributed by atoms with van der Waals surface area (Å²) in [6.07, 6.45) is 5.20. The summed E-state index contributed by atoms with van der Waals surface area (Å²) < 4.78 is 0. The van der Waals surface area contributed by atoms with Gasteiger partial charge in [-0.3, -0.25) is 24.1 Å². The van der Waals surface area contributed by atoms with Crippen LogP contribution in [0.2, 0.25) is 5.02 Å². The van der Waals surface area contributed by atoms with Gasteiger partial charge in [0, 0.05) is 28.6 Å². The van der Waals surface area contributed by atoms with Crippen LogP contribution < -0.4 is 15.5 Å². The van der Waals surface area contributed by atoms with Gasteiger partial charge in [-0.25, -0.2) is 19.4 Å². The van der Waals surface area contributed by atoms with Crippen LogP contribution in [0.25, 0.3) is 0 Å². The van der Waals surface area contributed by atoms with Crippen molar-refractivity contribution in [3.63, 3.8) is 0 Å². The van der Waals surface area contributed by atoms with Crippen LogP contribution in [0.4, 0.5) is 26.7 Å². The van der Waals surface area contributed by atoms with E-state index in [9.17, 15) is 0 Å². The van der Waals surface area contributed by atoms with Crippen molar-refractivity contribution in [1.82, 2.24) is 14.7 Å². The molecule has 2 saturated heterocycles. The molecule has 8 rings (SSSR count). The topological polar surface area (TPSA) is 139 Å². The standard InChI is InChI=1S/C57H69ClN6O6/c1-35(2)42-21-17-22-43(36(3)4)46(42)59-50(65)48(62-52(67)56(30-13-10-14-31-56)61(54(62)69)34-29-39-19-11-9-12-20-39)49(51(66)60-47-44(37(5)6)23-18-24-45(47)38(7)8)63-53(68)57(32-15-16-33-57)64(55(63)70)41-27-25-40(58)26-28-41/h9,11-12,17-28,35-38,48-49H,10,13-16,29-34H2,1-8H3,(H,59,65)(H,60,66). The first-order valence-corrected chi connectivity index (χ1v) is 25.8. The Bertz CT molecular complexity index is 2580. The van der Waals surface area contributed by atoms with Gasteiger partial charge in [-0.2, -0.15) is 0 Å². The number of para-hydroxylation sites is 2. The summed E-state index contributed by atoms with van der Waals surface area (Å²) in [5.74, 6) is -3.29. The normalized spacial score (nSPS) is 18.7. The zero-order valence-electron chi connectivity index (χ0n) is 42.0. The van der Waals surface area contributed by atoms with E-state index in [4.69, 9.17) is 11.6 Å². The Morgan fingerprint density at radius 1 is 0.529 bits per heavy atom. The molecule has 70 heavy (non-hydrogen) atoms. The molecule has 0 aromatic heterocycles. The van der Waals surface area contributed by atoms with E-state index in [1.807, 2.05) is 122 Å². The summed E-state index contributed by atoms with van der Waals surface area (Å²) in [7, 11) is 0. The van der Waals surface area contributed by atoms with Gasteiger partial charge in [0.15, 0.2) is 12.1 Å². The number of carbonyl (C=O) groups excluding carboxylic acids is 6. The second kappa shape index (κ2) is 20.4. The molecule has 4 aliphatic rings. The highest BCUT2D eigenvalue weighted by atomic mass is 35.5. The number of hydrogen-bond acceptors (Lipinski definition) is 6. The highest BCUT2D eigenvalue weighted by molar-refractivity contribution is 6.30. The summed E-state index contributed by atoms with van der Waals surface area (Å²) in [6, 6.07) is 22.3. The number of nitrogens with zero attached hydrogens (tertiary/aromatic N) is 4. The van der Waals surface area contributed by atoms with Crippen molar-refractivity contribution in [3.8, 4) is 0 Å². The molecule has 2 N–H and O–H groups in total. The summed E-state index contributed by atoms with van der Waals surface area (Å²) >= 11 is 6.39. The van der Waals surface area contributed by atoms with E-state index in [1.54, 1.807) is 29.2 Å². The van der Waals surface area contributed by atoms with Crippen molar-refractivity contribution in [2.24, 2.45) is 0 Å². The van der Waals surface area contributed by atoms with Crippen LogP contribution in [0.15, 0.2) is 91.0 Å². The third kappa shape index (κ3) is 9.01. The zero-order chi connectivity index (χ0) is 50.2. The molecule has 4 aromatic rings. The monoisotopic (exact) mass is 968 g/mol. The Morgan fingerprint density at radius 2 is 0.943 bits per heavy atom. The van der Waals surface area contributed by atoms with Crippen LogP contribution in [0, 0.1) is 0 Å². The molecule has 2 unspecified atom stereocenters. The Morgan fingerprint density at radius 3 is 1.40 bits per heavy atom. The van der Waals surface area contributed by atoms with Crippen LogP contribution in [0.3, 0.4) is 0 Å². The first kappa shape index (κ1) is 50.4. The molecular formula is C57H69ClN6O6. The van der Waals surface area contributed by atoms with E-state index in [-0.39, 0.29) is 30.2 Å². The van der Waals surface area contributed by atoms with E-state index in [1.165, 1.54) is 4.90 Å². The second-order valence-electron chi connectivity index (χ2n) is 21.1. The van der Waals surface area contributed by atoms with Gasteiger partial charge in [0.05, 0.1) is 0 Å². The van der Waals surface area contributed by atoms with Crippen LogP contribution in [-0.2, 0) is 25.6 Å². The molecule has 4 aromatic carbocycles. The number of benzene rings is 4. The average molecular weight is 970 g/mol. The second-order valence-corrected chi connectivity index (χ2v) is 21.5. The first-order valence-electron chi connectivity index (χ1n) is 25.4. The van der Waals surface area contributed by atoms with Gasteiger partial charge in [-0.1, -0.05) is 166 Å². The highest BCUT2D eigenvalue weighted by Crippen LogP contribution is 2.48. The number of nitrogens with one attached hydrogen (secondary N) is 2. The van der Waals surface area contributed by atoms with E-state index >= 15 is 28.8 Å². The molecule has 13 heteroatoms. The zero-order valence-corrected chi connectivity index (χ0v) is 42.8. The van der Waals surface area contributed by atoms with Crippen molar-refractivity contribution >= 4 is 64.4 Å². The minimum absolute atomic E-state index is 0.0699. The lowest BCUT2D eigenvalue weighted by atomic mass is 9.80. The summed E-state index contributed by atoms with van der Waals surface area (Å²) in [4.78, 5) is 101. The fraction of sp³-hybridized carbons (Fsp3) is 0.474. The van der Waals surface area contributed by atoms with Gasteiger partial charge in [0.25, 0.3) is 11.8 Å². The minimum Gasteiger partial charge on any atom is -0.324 e. The molecule has 4 fully saturated rings. The number of urea groups is 2. The van der Waals surface area contributed by atoms with E-state index in [0.717, 1.165) is 44.0 Å². The maximum Gasteiger partial charge on any atom is 0.333 e. The Kier molecular flexibility index (Phi) is 14.7. The number of halogens is 1. The van der Waals surface area contributed by atoms with E-state index in [2.05, 4.69) is 10.6 Å². The van der Waals surface area contributed by atoms with Crippen molar-refractivity contribution in [2.75, 3.05) is 22.1 Å². The van der Waals surface area contributed by atoms with Gasteiger partial charge in [0.1, 0.15) is 11.1 Å². The number of rotatable bonds is 15. The summed E-state index contributed by atoms with van der Waals surface area (Å²) in [5.41, 5.74) is 2.85. The van der Waals surface area contributed by atoms with Crippen LogP contribution in [-0.4, -0.2) is 80.1 Å². The van der Waals surface area contributed by atoms with Crippen LogP contribution in [0.1, 0.15) is 165 Å². The molecule has 2 saturated carbocycles. The van der Waals surface area contributed by atoms with Crippen molar-refractivity contribution in [1.29, 1.82) is 0 Å². The van der Waals surface area contributed by atoms with Gasteiger partial charge in [-0.15, -0.1) is 0 Å². The van der Waals surface area contributed by atoms with Crippen LogP contribution >= 0.6 is 11.6 Å². The maximum absolute atomic E-state index is 16.2. The SMILES string of the molecule is CC(C)c1cccc(C(C)C)c1NC(=O)C(C(C(=O)Nc1c(C(C)C)cccc1C(C)C)N1C(=O)N(c2ccc(Cl)cc2)C2(CCCC2)C1=O)N1C(=O)N(CCc2ccccc2)C2(CCCCC2)C1=O. The Hall–Kier alpha value is -6.01. The molecule has 2 aliphatic carbocycles. The molecular weight excluding hydrogens is 900 g/mol. The Balaban J connectivity index is 1.38. The predicted octanol–water partition coefficient (Wildman–Crippen LogP) is 12.1. The number of imide groups is 2. The smallest absolute Gasteiger partial charge is 0.324 e. The molecule has 0 bridgehead atoms. The molecule has 2 spiro atoms. The lowest BCUT2D eigenvalue weighted by Gasteiger charge is -2.38. The summed E-state index contributed by atoms with van der Waals surface area (Å²) in [6.45, 7) is 16.3. The van der Waals surface area contributed by atoms with Gasteiger partial charge in [-0.05, 0) is 108 Å². The molecule has 2 atom stereocenters. The minimum atomic E-state index is -2.02. The lowest BCUT2D eigenvalue weighted by Crippen LogP contribution is -2.65. The van der Waals surface area contributed by atoms with Gasteiger partial charge in [0.2, 0.25) is 11.8 Å². The first-order chi connectivity index (χ1) is 33.4. The quantitative estimate of drug-likeness (QED) is 0.114. The average Bonchev–Trinajstić information content (AvgIpc) is 3.96. The third-order valence-corrected chi connectivity index (χ3v) is 15.6. The third-order valence-electron chi connectivity index (χ3n) is 15.3. The molecule has 8 amide bonds. The molecule has 2 aliphatic heterocycles. The van der Waals surface area contributed by atoms with E-state index < -0.39 is 58.9 Å². The fourth-order valence-corrected chi connectivity index (χ4v) is 11.8. The number of amides is 8. The van der Waals surface area contributed by atoms with Crippen molar-refractivity contribution in [2.45, 2.75) is 166 Å². The number of hydrogen-bond donors (Lipinski definition) is 2. The molecule has 2 heterocycles. The van der Waals surface area contributed by atoms with Gasteiger partial charge >= 0.3 is 12.1 Å². The summed E-state index contributed by atoms with van der Waals surface area (Å²) in [5, 5.41) is 6.79. The largest absolute Gasteiger partial charge is 0.333 e. The van der Waals surface area contributed by atoms with Crippen molar-refractivity contribution < 1.29 is 28.8 Å². The molecule has 0 radical (unpaired) electrons. The Labute approximate surface area is 418 Å². The van der Waals surface area contributed by atoms with E-state index in [0.29, 0.717) is 79.9 Å². The number of carbonyl (C=O) groups is 6. The van der Waals surface area contributed by atoms with Gasteiger partial charge < -0.3 is 15.5 Å². The fourth-order valence-electron chi connectivity index (χ4n) is 11.7. The predicted molar refractivity (Wildman–Crippen MR) is 276 cm³/mol. The van der Waals surface area contributed by atoms with Crippen LogP contribution in [0.5, 0.6) is 0 Å². The molecule has 370 valence electrons.